The van der Waals surface area contributed by atoms with Crippen LogP contribution in [0.3, 0.4) is 0 Å². The Labute approximate surface area is 147 Å². The van der Waals surface area contributed by atoms with Crippen molar-refractivity contribution in [3.8, 4) is 16.9 Å². The van der Waals surface area contributed by atoms with Gasteiger partial charge < -0.3 is 15.8 Å². The van der Waals surface area contributed by atoms with Gasteiger partial charge in [0, 0.05) is 17.0 Å². The van der Waals surface area contributed by atoms with Crippen molar-refractivity contribution >= 4 is 17.2 Å². The summed E-state index contributed by atoms with van der Waals surface area (Å²) in [5.41, 5.74) is 8.14. The van der Waals surface area contributed by atoms with E-state index >= 15 is 0 Å². The van der Waals surface area contributed by atoms with Crippen LogP contribution >= 0.6 is 11.3 Å². The maximum absolute atomic E-state index is 12.5. The molecule has 1 fully saturated rings. The molecule has 24 heavy (non-hydrogen) atoms. The third-order valence-electron chi connectivity index (χ3n) is 4.65. The second-order valence-electron chi connectivity index (χ2n) is 6.39. The predicted molar refractivity (Wildman–Crippen MR) is 98.7 cm³/mol. The van der Waals surface area contributed by atoms with Crippen molar-refractivity contribution in [1.82, 2.24) is 5.32 Å². The van der Waals surface area contributed by atoms with E-state index in [-0.39, 0.29) is 11.9 Å². The molecule has 0 atom stereocenters. The number of hydrogen-bond donors (Lipinski definition) is 2. The van der Waals surface area contributed by atoms with E-state index < -0.39 is 0 Å². The Morgan fingerprint density at radius 1 is 1.21 bits per heavy atom. The van der Waals surface area contributed by atoms with Crippen molar-refractivity contribution in [3.05, 3.63) is 40.1 Å². The van der Waals surface area contributed by atoms with E-state index in [0.717, 1.165) is 52.3 Å². The topological polar surface area (TPSA) is 64.3 Å². The van der Waals surface area contributed by atoms with Crippen molar-refractivity contribution in [3.63, 3.8) is 0 Å². The number of benzene rings is 1. The van der Waals surface area contributed by atoms with Crippen LogP contribution in [0.15, 0.2) is 30.3 Å². The summed E-state index contributed by atoms with van der Waals surface area (Å²) >= 11 is 1.55. The summed E-state index contributed by atoms with van der Waals surface area (Å²) in [6, 6.07) is 10.5. The van der Waals surface area contributed by atoms with Crippen molar-refractivity contribution < 1.29 is 9.53 Å². The summed E-state index contributed by atoms with van der Waals surface area (Å²) in [7, 11) is 1.66. The number of thiophene rings is 1. The molecule has 3 rings (SSSR count). The Balaban J connectivity index is 1.71. The summed E-state index contributed by atoms with van der Waals surface area (Å²) in [5, 5.41) is 3.16. The average Bonchev–Trinajstić information content (AvgIpc) is 2.99. The summed E-state index contributed by atoms with van der Waals surface area (Å²) in [4.78, 5) is 14.5. The minimum atomic E-state index is 0.0309. The van der Waals surface area contributed by atoms with Gasteiger partial charge in [0.15, 0.2) is 0 Å². The maximum Gasteiger partial charge on any atom is 0.261 e. The number of nitrogens with one attached hydrogen (secondary N) is 1. The molecule has 1 amide bonds. The van der Waals surface area contributed by atoms with Gasteiger partial charge in [-0.05, 0) is 61.9 Å². The highest BCUT2D eigenvalue weighted by molar-refractivity contribution is 7.14. The molecule has 0 saturated heterocycles. The van der Waals surface area contributed by atoms with E-state index in [0.29, 0.717) is 6.04 Å². The van der Waals surface area contributed by atoms with Crippen molar-refractivity contribution in [2.24, 2.45) is 5.73 Å². The van der Waals surface area contributed by atoms with Gasteiger partial charge in [-0.15, -0.1) is 11.3 Å². The molecular formula is C19H24N2O2S. The van der Waals surface area contributed by atoms with Crippen molar-refractivity contribution in [1.29, 1.82) is 0 Å². The highest BCUT2D eigenvalue weighted by Crippen LogP contribution is 2.32. The number of aryl methyl sites for hydroxylation is 1. The lowest BCUT2D eigenvalue weighted by Crippen LogP contribution is -2.40. The van der Waals surface area contributed by atoms with Crippen LogP contribution in [0, 0.1) is 6.92 Å². The van der Waals surface area contributed by atoms with Crippen LogP contribution < -0.4 is 15.8 Å². The molecule has 0 bridgehead atoms. The zero-order valence-corrected chi connectivity index (χ0v) is 15.0. The lowest BCUT2D eigenvalue weighted by atomic mass is 9.92. The molecule has 1 aliphatic rings. The van der Waals surface area contributed by atoms with E-state index in [4.69, 9.17) is 10.5 Å². The van der Waals surface area contributed by atoms with Crippen LogP contribution in [0.1, 0.15) is 40.2 Å². The number of carbonyl (C=O) groups excluding carboxylic acids is 1. The van der Waals surface area contributed by atoms with Crippen LogP contribution in [0.25, 0.3) is 11.1 Å². The first-order valence-corrected chi connectivity index (χ1v) is 9.19. The molecule has 0 unspecified atom stereocenters. The molecule has 128 valence electrons. The molecule has 2 aromatic rings. The van der Waals surface area contributed by atoms with Gasteiger partial charge in [0.05, 0.1) is 12.0 Å². The second-order valence-corrected chi connectivity index (χ2v) is 7.65. The molecule has 1 aromatic heterocycles. The monoisotopic (exact) mass is 344 g/mol. The van der Waals surface area contributed by atoms with Crippen LogP contribution in [-0.4, -0.2) is 25.1 Å². The van der Waals surface area contributed by atoms with E-state index in [1.807, 2.05) is 30.3 Å². The van der Waals surface area contributed by atoms with E-state index in [1.54, 1.807) is 18.4 Å². The Bertz CT molecular complexity index is 701. The first-order valence-electron chi connectivity index (χ1n) is 8.38. The smallest absolute Gasteiger partial charge is 0.261 e. The number of hydrogen-bond acceptors (Lipinski definition) is 4. The van der Waals surface area contributed by atoms with Gasteiger partial charge in [0.1, 0.15) is 5.75 Å². The largest absolute Gasteiger partial charge is 0.497 e. The third kappa shape index (κ3) is 3.79. The van der Waals surface area contributed by atoms with Gasteiger partial charge in [-0.2, -0.15) is 0 Å². The van der Waals surface area contributed by atoms with Crippen molar-refractivity contribution in [2.75, 3.05) is 7.11 Å². The molecule has 4 nitrogen and oxygen atoms in total. The number of nitrogens with two attached hydrogens (primary N) is 1. The fourth-order valence-corrected chi connectivity index (χ4v) is 4.12. The lowest BCUT2D eigenvalue weighted by Gasteiger charge is -2.26. The van der Waals surface area contributed by atoms with Crippen LogP contribution in [0.2, 0.25) is 0 Å². The van der Waals surface area contributed by atoms with Gasteiger partial charge in [-0.25, -0.2) is 0 Å². The maximum atomic E-state index is 12.5. The van der Waals surface area contributed by atoms with Gasteiger partial charge >= 0.3 is 0 Å². The normalized spacial score (nSPS) is 20.6. The molecule has 0 aliphatic heterocycles. The Kier molecular flexibility index (Phi) is 5.21. The van der Waals surface area contributed by atoms with Gasteiger partial charge in [0.25, 0.3) is 5.91 Å². The van der Waals surface area contributed by atoms with E-state index in [1.165, 1.54) is 0 Å². The first kappa shape index (κ1) is 17.0. The number of methoxy groups -OCH3 is 1. The zero-order valence-electron chi connectivity index (χ0n) is 14.2. The Morgan fingerprint density at radius 2 is 1.88 bits per heavy atom. The summed E-state index contributed by atoms with van der Waals surface area (Å²) in [6.07, 6.45) is 3.93. The quantitative estimate of drug-likeness (QED) is 0.888. The number of rotatable bonds is 4. The fourth-order valence-electron chi connectivity index (χ4n) is 3.17. The highest BCUT2D eigenvalue weighted by Gasteiger charge is 2.22. The summed E-state index contributed by atoms with van der Waals surface area (Å²) in [5.74, 6) is 0.864. The molecule has 3 N–H and O–H groups in total. The number of carbonyl (C=O) groups is 1. The summed E-state index contributed by atoms with van der Waals surface area (Å²) < 4.78 is 5.20. The Morgan fingerprint density at radius 3 is 2.50 bits per heavy atom. The SMILES string of the molecule is COc1ccc(-c2cc(C(=O)NC3CCC(N)CC3)sc2C)cc1. The molecule has 5 heteroatoms. The average molecular weight is 344 g/mol. The van der Waals surface area contributed by atoms with Gasteiger partial charge in [-0.1, -0.05) is 12.1 Å². The zero-order chi connectivity index (χ0) is 17.1. The number of amides is 1. The molecular weight excluding hydrogens is 320 g/mol. The molecule has 0 spiro atoms. The first-order chi connectivity index (χ1) is 11.6. The number of ether oxygens (including phenoxy) is 1. The standard InChI is InChI=1S/C19H24N2O2S/c1-12-17(13-3-9-16(23-2)10-4-13)11-18(24-12)19(22)21-15-7-5-14(20)6-8-15/h3-4,9-11,14-15H,5-8,20H2,1-2H3,(H,21,22). The van der Waals surface area contributed by atoms with Gasteiger partial charge in [-0.3, -0.25) is 4.79 Å². The molecule has 1 aromatic carbocycles. The van der Waals surface area contributed by atoms with Crippen LogP contribution in [-0.2, 0) is 0 Å². The summed E-state index contributed by atoms with van der Waals surface area (Å²) in [6.45, 7) is 2.06. The van der Waals surface area contributed by atoms with Crippen molar-refractivity contribution in [2.45, 2.75) is 44.7 Å². The minimum absolute atomic E-state index is 0.0309. The lowest BCUT2D eigenvalue weighted by molar-refractivity contribution is 0.0930. The van der Waals surface area contributed by atoms with E-state index in [9.17, 15) is 4.79 Å². The fraction of sp³-hybridized carbons (Fsp3) is 0.421. The molecule has 1 saturated carbocycles. The molecule has 1 aliphatic carbocycles. The molecule has 0 radical (unpaired) electrons. The third-order valence-corrected chi connectivity index (χ3v) is 5.70. The second kappa shape index (κ2) is 7.36. The minimum Gasteiger partial charge on any atom is -0.497 e. The highest BCUT2D eigenvalue weighted by atomic mass is 32.1. The Hall–Kier alpha value is -1.85. The van der Waals surface area contributed by atoms with Gasteiger partial charge in [0.2, 0.25) is 0 Å². The predicted octanol–water partition coefficient (Wildman–Crippen LogP) is 3.73. The molecule has 1 heterocycles. The van der Waals surface area contributed by atoms with Crippen LogP contribution in [0.5, 0.6) is 5.75 Å². The van der Waals surface area contributed by atoms with E-state index in [2.05, 4.69) is 12.2 Å². The van der Waals surface area contributed by atoms with Crippen LogP contribution in [0.4, 0.5) is 0 Å².